The Labute approximate surface area is 118 Å². The maximum atomic E-state index is 12.1. The smallest absolute Gasteiger partial charge is 0.271 e. The van der Waals surface area contributed by atoms with Crippen molar-refractivity contribution >= 4 is 23.3 Å². The first-order valence-electron chi connectivity index (χ1n) is 6.78. The number of hydrogen-bond acceptors (Lipinski definition) is 3. The van der Waals surface area contributed by atoms with Gasteiger partial charge >= 0.3 is 0 Å². The molecular formula is C14H20ClN3O. The van der Waals surface area contributed by atoms with Crippen LogP contribution in [-0.4, -0.2) is 17.4 Å². The fourth-order valence-corrected chi connectivity index (χ4v) is 2.81. The SMILES string of the molecule is CC1CCCCC1CNC(=O)c1nc(N)ccc1Cl. The van der Waals surface area contributed by atoms with E-state index in [1.165, 1.54) is 25.7 Å². The van der Waals surface area contributed by atoms with Crippen molar-refractivity contribution in [2.24, 2.45) is 11.8 Å². The quantitative estimate of drug-likeness (QED) is 0.895. The van der Waals surface area contributed by atoms with Gasteiger partial charge in [0, 0.05) is 6.54 Å². The third-order valence-electron chi connectivity index (χ3n) is 3.90. The van der Waals surface area contributed by atoms with E-state index < -0.39 is 0 Å². The summed E-state index contributed by atoms with van der Waals surface area (Å²) in [5.41, 5.74) is 5.79. The second kappa shape index (κ2) is 6.24. The van der Waals surface area contributed by atoms with Crippen LogP contribution in [0.2, 0.25) is 5.02 Å². The summed E-state index contributed by atoms with van der Waals surface area (Å²) in [7, 11) is 0. The summed E-state index contributed by atoms with van der Waals surface area (Å²) in [6.45, 7) is 2.94. The topological polar surface area (TPSA) is 68.0 Å². The van der Waals surface area contributed by atoms with Crippen molar-refractivity contribution < 1.29 is 4.79 Å². The summed E-state index contributed by atoms with van der Waals surface area (Å²) in [6.07, 6.45) is 4.98. The summed E-state index contributed by atoms with van der Waals surface area (Å²) >= 11 is 5.96. The van der Waals surface area contributed by atoms with Gasteiger partial charge < -0.3 is 11.1 Å². The molecule has 1 aromatic rings. The molecule has 1 fully saturated rings. The summed E-state index contributed by atoms with van der Waals surface area (Å²) in [5, 5.41) is 3.26. The van der Waals surface area contributed by atoms with Gasteiger partial charge in [-0.05, 0) is 30.4 Å². The zero-order chi connectivity index (χ0) is 13.8. The molecule has 1 aliphatic rings. The maximum absolute atomic E-state index is 12.1. The van der Waals surface area contributed by atoms with Gasteiger partial charge in [-0.25, -0.2) is 4.98 Å². The second-order valence-corrected chi connectivity index (χ2v) is 5.71. The van der Waals surface area contributed by atoms with Gasteiger partial charge in [0.25, 0.3) is 5.91 Å². The van der Waals surface area contributed by atoms with Crippen molar-refractivity contribution in [3.63, 3.8) is 0 Å². The van der Waals surface area contributed by atoms with Crippen LogP contribution < -0.4 is 11.1 Å². The monoisotopic (exact) mass is 281 g/mol. The molecule has 0 saturated heterocycles. The van der Waals surface area contributed by atoms with Gasteiger partial charge in [-0.2, -0.15) is 0 Å². The molecule has 1 amide bonds. The van der Waals surface area contributed by atoms with Crippen LogP contribution in [0.15, 0.2) is 12.1 Å². The molecule has 1 saturated carbocycles. The molecule has 1 aliphatic carbocycles. The third kappa shape index (κ3) is 3.60. The predicted octanol–water partition coefficient (Wildman–Crippen LogP) is 2.87. The van der Waals surface area contributed by atoms with Crippen LogP contribution in [0.25, 0.3) is 0 Å². The summed E-state index contributed by atoms with van der Waals surface area (Å²) in [6, 6.07) is 3.18. The molecule has 0 radical (unpaired) electrons. The van der Waals surface area contributed by atoms with E-state index in [9.17, 15) is 4.79 Å². The number of carbonyl (C=O) groups excluding carboxylic acids is 1. The Morgan fingerprint density at radius 1 is 1.47 bits per heavy atom. The number of aromatic nitrogens is 1. The van der Waals surface area contributed by atoms with Crippen LogP contribution in [-0.2, 0) is 0 Å². The first-order chi connectivity index (χ1) is 9.08. The Balaban J connectivity index is 1.95. The molecule has 2 rings (SSSR count). The molecule has 0 bridgehead atoms. The van der Waals surface area contributed by atoms with Gasteiger partial charge in [0.05, 0.1) is 5.02 Å². The molecule has 0 spiro atoms. The van der Waals surface area contributed by atoms with E-state index in [1.54, 1.807) is 12.1 Å². The Kier molecular flexibility index (Phi) is 4.64. The number of hydrogen-bond donors (Lipinski definition) is 2. The van der Waals surface area contributed by atoms with E-state index in [-0.39, 0.29) is 11.6 Å². The Morgan fingerprint density at radius 3 is 2.95 bits per heavy atom. The lowest BCUT2D eigenvalue weighted by atomic mass is 9.80. The van der Waals surface area contributed by atoms with Crippen LogP contribution in [0.3, 0.4) is 0 Å². The highest BCUT2D eigenvalue weighted by Gasteiger charge is 2.22. The van der Waals surface area contributed by atoms with E-state index in [4.69, 9.17) is 17.3 Å². The van der Waals surface area contributed by atoms with Crippen molar-refractivity contribution in [2.75, 3.05) is 12.3 Å². The van der Waals surface area contributed by atoms with E-state index in [2.05, 4.69) is 17.2 Å². The Bertz CT molecular complexity index is 464. The first-order valence-corrected chi connectivity index (χ1v) is 7.16. The van der Waals surface area contributed by atoms with Crippen molar-refractivity contribution in [1.29, 1.82) is 0 Å². The lowest BCUT2D eigenvalue weighted by molar-refractivity contribution is 0.0931. The molecule has 1 aromatic heterocycles. The van der Waals surface area contributed by atoms with Crippen LogP contribution in [0.1, 0.15) is 43.1 Å². The molecule has 19 heavy (non-hydrogen) atoms. The molecule has 0 aromatic carbocycles. The molecule has 104 valence electrons. The highest BCUT2D eigenvalue weighted by atomic mass is 35.5. The molecule has 5 heteroatoms. The normalized spacial score (nSPS) is 23.1. The summed E-state index contributed by atoms with van der Waals surface area (Å²) < 4.78 is 0. The molecule has 2 unspecified atom stereocenters. The van der Waals surface area contributed by atoms with Crippen molar-refractivity contribution in [1.82, 2.24) is 10.3 Å². The van der Waals surface area contributed by atoms with Crippen molar-refractivity contribution in [3.8, 4) is 0 Å². The minimum atomic E-state index is -0.241. The van der Waals surface area contributed by atoms with Crippen LogP contribution >= 0.6 is 11.6 Å². The van der Waals surface area contributed by atoms with Crippen molar-refractivity contribution in [3.05, 3.63) is 22.8 Å². The average Bonchev–Trinajstić information content (AvgIpc) is 2.40. The molecule has 0 aliphatic heterocycles. The largest absolute Gasteiger partial charge is 0.384 e. The Hall–Kier alpha value is -1.29. The summed E-state index contributed by atoms with van der Waals surface area (Å²) in [4.78, 5) is 16.0. The van der Waals surface area contributed by atoms with E-state index in [0.717, 1.165) is 0 Å². The number of anilines is 1. The second-order valence-electron chi connectivity index (χ2n) is 5.30. The molecule has 2 atom stereocenters. The highest BCUT2D eigenvalue weighted by molar-refractivity contribution is 6.33. The Morgan fingerprint density at radius 2 is 2.21 bits per heavy atom. The maximum Gasteiger partial charge on any atom is 0.271 e. The fourth-order valence-electron chi connectivity index (χ4n) is 2.62. The number of amides is 1. The van der Waals surface area contributed by atoms with Crippen molar-refractivity contribution in [2.45, 2.75) is 32.6 Å². The average molecular weight is 282 g/mol. The number of nitrogens with two attached hydrogens (primary N) is 1. The van der Waals surface area contributed by atoms with Crippen LogP contribution in [0.4, 0.5) is 5.82 Å². The minimum Gasteiger partial charge on any atom is -0.384 e. The van der Waals surface area contributed by atoms with E-state index >= 15 is 0 Å². The standard InChI is InChI=1S/C14H20ClN3O/c1-9-4-2-3-5-10(9)8-17-14(19)13-11(15)6-7-12(16)18-13/h6-7,9-10H,2-5,8H2,1H3,(H2,16,18)(H,17,19). The fraction of sp³-hybridized carbons (Fsp3) is 0.571. The highest BCUT2D eigenvalue weighted by Crippen LogP contribution is 2.29. The van der Waals surface area contributed by atoms with Gasteiger partial charge in [-0.15, -0.1) is 0 Å². The molecule has 1 heterocycles. The zero-order valence-corrected chi connectivity index (χ0v) is 11.9. The third-order valence-corrected chi connectivity index (χ3v) is 4.20. The number of carbonyl (C=O) groups is 1. The van der Waals surface area contributed by atoms with E-state index in [1.807, 2.05) is 0 Å². The van der Waals surface area contributed by atoms with Gasteiger partial charge in [0.2, 0.25) is 0 Å². The number of nitrogens with one attached hydrogen (secondary N) is 1. The van der Waals surface area contributed by atoms with Crippen LogP contribution in [0, 0.1) is 11.8 Å². The number of nitrogens with zero attached hydrogens (tertiary/aromatic N) is 1. The minimum absolute atomic E-state index is 0.213. The number of pyridine rings is 1. The summed E-state index contributed by atoms with van der Waals surface area (Å²) in [5.74, 6) is 1.28. The lowest BCUT2D eigenvalue weighted by Crippen LogP contribution is -2.34. The molecule has 3 N–H and O–H groups in total. The van der Waals surface area contributed by atoms with Gasteiger partial charge in [0.15, 0.2) is 0 Å². The lowest BCUT2D eigenvalue weighted by Gasteiger charge is -2.28. The van der Waals surface area contributed by atoms with Gasteiger partial charge in [-0.1, -0.05) is 37.8 Å². The molecular weight excluding hydrogens is 262 g/mol. The number of nitrogen functional groups attached to an aromatic ring is 1. The first kappa shape index (κ1) is 14.1. The number of rotatable bonds is 3. The van der Waals surface area contributed by atoms with Crippen LogP contribution in [0.5, 0.6) is 0 Å². The van der Waals surface area contributed by atoms with E-state index in [0.29, 0.717) is 29.2 Å². The van der Waals surface area contributed by atoms with Gasteiger partial charge in [-0.3, -0.25) is 4.79 Å². The molecule has 4 nitrogen and oxygen atoms in total. The van der Waals surface area contributed by atoms with Gasteiger partial charge in [0.1, 0.15) is 11.5 Å². The zero-order valence-electron chi connectivity index (χ0n) is 11.2. The number of halogens is 1. The predicted molar refractivity (Wildman–Crippen MR) is 77.1 cm³/mol.